The van der Waals surface area contributed by atoms with Crippen molar-refractivity contribution >= 4 is 16.9 Å². The van der Waals surface area contributed by atoms with Crippen LogP contribution in [0.4, 0.5) is 0 Å². The smallest absolute Gasteiger partial charge is 0.333 e. The predicted octanol–water partition coefficient (Wildman–Crippen LogP) is 2.90. The molecule has 0 spiro atoms. The fraction of sp³-hybridized carbons (Fsp3) is 0.200. The molecule has 0 bridgehead atoms. The minimum absolute atomic E-state index is 0.342. The second-order valence-electron chi connectivity index (χ2n) is 3.99. The van der Waals surface area contributed by atoms with Crippen LogP contribution < -0.4 is 0 Å². The molecule has 0 unspecified atom stereocenters. The van der Waals surface area contributed by atoms with E-state index in [-0.39, 0.29) is 5.97 Å². The van der Waals surface area contributed by atoms with E-state index in [0.717, 1.165) is 16.5 Å². The van der Waals surface area contributed by atoms with Crippen molar-refractivity contribution in [1.29, 1.82) is 0 Å². The molecule has 2 aromatic rings. The molecule has 3 heteroatoms. The largest absolute Gasteiger partial charge is 0.463 e. The number of esters is 1. The van der Waals surface area contributed by atoms with Crippen molar-refractivity contribution in [2.45, 2.75) is 13.3 Å². The first-order valence-electron chi connectivity index (χ1n) is 5.90. The Balaban J connectivity index is 2.27. The van der Waals surface area contributed by atoms with E-state index in [0.29, 0.717) is 18.6 Å². The molecule has 3 nitrogen and oxygen atoms in total. The van der Waals surface area contributed by atoms with Gasteiger partial charge in [-0.1, -0.05) is 30.8 Å². The molecule has 2 rings (SSSR count). The summed E-state index contributed by atoms with van der Waals surface area (Å²) < 4.78 is 4.93. The monoisotopic (exact) mass is 241 g/mol. The minimum atomic E-state index is -0.342. The highest BCUT2D eigenvalue weighted by Crippen LogP contribution is 2.18. The first-order valence-corrected chi connectivity index (χ1v) is 5.90. The van der Waals surface area contributed by atoms with E-state index in [1.807, 2.05) is 30.3 Å². The number of carbonyl (C=O) groups is 1. The Kier molecular flexibility index (Phi) is 3.72. The summed E-state index contributed by atoms with van der Waals surface area (Å²) in [6, 6.07) is 9.81. The van der Waals surface area contributed by atoms with Gasteiger partial charge in [-0.05, 0) is 18.6 Å². The highest BCUT2D eigenvalue weighted by molar-refractivity contribution is 5.90. The first-order chi connectivity index (χ1) is 8.72. The number of aromatic nitrogens is 1. The van der Waals surface area contributed by atoms with Gasteiger partial charge in [0.15, 0.2) is 0 Å². The summed E-state index contributed by atoms with van der Waals surface area (Å²) in [5, 5.41) is 1.06. The van der Waals surface area contributed by atoms with E-state index in [1.54, 1.807) is 13.1 Å². The number of rotatable bonds is 4. The highest BCUT2D eigenvalue weighted by Gasteiger charge is 2.10. The van der Waals surface area contributed by atoms with Gasteiger partial charge in [0, 0.05) is 23.6 Å². The van der Waals surface area contributed by atoms with E-state index < -0.39 is 0 Å². The van der Waals surface area contributed by atoms with Crippen molar-refractivity contribution in [2.24, 2.45) is 0 Å². The van der Waals surface area contributed by atoms with Crippen LogP contribution in [0, 0.1) is 0 Å². The fourth-order valence-corrected chi connectivity index (χ4v) is 1.85. The lowest BCUT2D eigenvalue weighted by Gasteiger charge is -2.07. The third kappa shape index (κ3) is 2.56. The second-order valence-corrected chi connectivity index (χ2v) is 3.99. The van der Waals surface area contributed by atoms with Crippen molar-refractivity contribution in [2.75, 3.05) is 6.61 Å². The molecule has 0 aliphatic carbocycles. The molecule has 1 heterocycles. The maximum atomic E-state index is 11.5. The number of hydrogen-bond acceptors (Lipinski definition) is 3. The molecule has 0 amide bonds. The molecular weight excluding hydrogens is 226 g/mol. The molecule has 0 saturated heterocycles. The van der Waals surface area contributed by atoms with Crippen LogP contribution in [0.1, 0.15) is 12.5 Å². The molecule has 0 atom stereocenters. The van der Waals surface area contributed by atoms with Crippen LogP contribution in [-0.4, -0.2) is 17.6 Å². The lowest BCUT2D eigenvalue weighted by atomic mass is 10.0. The number of carbonyl (C=O) groups excluding carboxylic acids is 1. The van der Waals surface area contributed by atoms with Crippen LogP contribution in [0.3, 0.4) is 0 Å². The molecule has 92 valence electrons. The topological polar surface area (TPSA) is 39.2 Å². The zero-order chi connectivity index (χ0) is 13.0. The fourth-order valence-electron chi connectivity index (χ4n) is 1.85. The molecule has 0 aliphatic heterocycles. The van der Waals surface area contributed by atoms with Crippen LogP contribution in [0.25, 0.3) is 10.9 Å². The molecule has 18 heavy (non-hydrogen) atoms. The Morgan fingerprint density at radius 2 is 2.11 bits per heavy atom. The molecule has 1 aromatic heterocycles. The lowest BCUT2D eigenvalue weighted by molar-refractivity contribution is -0.138. The Morgan fingerprint density at radius 1 is 1.33 bits per heavy atom. The molecular formula is C15H15NO2. The Bertz CT molecular complexity index is 585. The number of para-hydroxylation sites is 1. The summed E-state index contributed by atoms with van der Waals surface area (Å²) in [5.74, 6) is -0.342. The van der Waals surface area contributed by atoms with E-state index in [1.165, 1.54) is 0 Å². The third-order valence-corrected chi connectivity index (χ3v) is 2.68. The summed E-state index contributed by atoms with van der Waals surface area (Å²) in [7, 11) is 0. The van der Waals surface area contributed by atoms with Gasteiger partial charge < -0.3 is 4.74 Å². The number of fused-ring (bicyclic) bond motifs is 1. The SMILES string of the molecule is C=C(Cc1cccc2cccnc12)C(=O)OCC. The zero-order valence-electron chi connectivity index (χ0n) is 10.3. The molecule has 0 radical (unpaired) electrons. The van der Waals surface area contributed by atoms with Gasteiger partial charge in [-0.25, -0.2) is 4.79 Å². The van der Waals surface area contributed by atoms with E-state index in [4.69, 9.17) is 4.74 Å². The van der Waals surface area contributed by atoms with Crippen LogP contribution >= 0.6 is 0 Å². The maximum Gasteiger partial charge on any atom is 0.333 e. The minimum Gasteiger partial charge on any atom is -0.463 e. The van der Waals surface area contributed by atoms with Gasteiger partial charge in [0.05, 0.1) is 12.1 Å². The van der Waals surface area contributed by atoms with Gasteiger partial charge in [0.25, 0.3) is 0 Å². The molecule has 0 N–H and O–H groups in total. The van der Waals surface area contributed by atoms with Crippen LogP contribution in [0.2, 0.25) is 0 Å². The number of nitrogens with zero attached hydrogens (tertiary/aromatic N) is 1. The number of hydrogen-bond donors (Lipinski definition) is 0. The Morgan fingerprint density at radius 3 is 2.89 bits per heavy atom. The van der Waals surface area contributed by atoms with Gasteiger partial charge >= 0.3 is 5.97 Å². The Labute approximate surface area is 106 Å². The number of benzene rings is 1. The average molecular weight is 241 g/mol. The van der Waals surface area contributed by atoms with Gasteiger partial charge in [-0.3, -0.25) is 4.98 Å². The average Bonchev–Trinajstić information content (AvgIpc) is 2.39. The van der Waals surface area contributed by atoms with Crippen LogP contribution in [0.5, 0.6) is 0 Å². The quantitative estimate of drug-likeness (QED) is 0.610. The van der Waals surface area contributed by atoms with Crippen LogP contribution in [0.15, 0.2) is 48.7 Å². The van der Waals surface area contributed by atoms with Gasteiger partial charge in [0.2, 0.25) is 0 Å². The van der Waals surface area contributed by atoms with Crippen molar-refractivity contribution in [3.8, 4) is 0 Å². The van der Waals surface area contributed by atoms with E-state index >= 15 is 0 Å². The summed E-state index contributed by atoms with van der Waals surface area (Å²) in [6.45, 7) is 5.92. The van der Waals surface area contributed by atoms with E-state index in [2.05, 4.69) is 11.6 Å². The predicted molar refractivity (Wildman–Crippen MR) is 71.2 cm³/mol. The summed E-state index contributed by atoms with van der Waals surface area (Å²) in [5.41, 5.74) is 2.35. The highest BCUT2D eigenvalue weighted by atomic mass is 16.5. The van der Waals surface area contributed by atoms with E-state index in [9.17, 15) is 4.79 Å². The third-order valence-electron chi connectivity index (χ3n) is 2.68. The maximum absolute atomic E-state index is 11.5. The number of ether oxygens (including phenoxy) is 1. The Hall–Kier alpha value is -2.16. The van der Waals surface area contributed by atoms with Gasteiger partial charge in [-0.15, -0.1) is 0 Å². The van der Waals surface area contributed by atoms with Crippen LogP contribution in [-0.2, 0) is 16.0 Å². The molecule has 1 aromatic carbocycles. The molecule has 0 saturated carbocycles. The standard InChI is InChI=1S/C15H15NO2/c1-3-18-15(17)11(2)10-13-7-4-6-12-8-5-9-16-14(12)13/h4-9H,2-3,10H2,1H3. The summed E-state index contributed by atoms with van der Waals surface area (Å²) in [4.78, 5) is 15.9. The van der Waals surface area contributed by atoms with Gasteiger partial charge in [-0.2, -0.15) is 0 Å². The van der Waals surface area contributed by atoms with Gasteiger partial charge in [0.1, 0.15) is 0 Å². The van der Waals surface area contributed by atoms with Crippen molar-refractivity contribution in [1.82, 2.24) is 4.98 Å². The molecule has 0 aliphatic rings. The normalized spacial score (nSPS) is 10.3. The molecule has 0 fully saturated rings. The zero-order valence-corrected chi connectivity index (χ0v) is 10.3. The van der Waals surface area contributed by atoms with Crippen molar-refractivity contribution in [3.05, 3.63) is 54.2 Å². The summed E-state index contributed by atoms with van der Waals surface area (Å²) >= 11 is 0. The first kappa shape index (κ1) is 12.3. The van der Waals surface area contributed by atoms with Crippen molar-refractivity contribution < 1.29 is 9.53 Å². The van der Waals surface area contributed by atoms with Crippen molar-refractivity contribution in [3.63, 3.8) is 0 Å². The summed E-state index contributed by atoms with van der Waals surface area (Å²) in [6.07, 6.45) is 2.21. The number of pyridine rings is 1. The second kappa shape index (κ2) is 5.45. The lowest BCUT2D eigenvalue weighted by Crippen LogP contribution is -2.09.